The largest absolute Gasteiger partial charge is 0.494 e. The molecule has 3 aromatic carbocycles. The first kappa shape index (κ1) is 20.4. The SMILES string of the molecule is CCOc1ccc(/C=N\NC(=O)c2ccc(OCc3ccc(Cl)cc3)cc2)cc1. The highest BCUT2D eigenvalue weighted by Crippen LogP contribution is 2.16. The molecular weight excluding hydrogens is 388 g/mol. The van der Waals surface area contributed by atoms with Gasteiger partial charge in [-0.3, -0.25) is 4.79 Å². The Morgan fingerprint density at radius 2 is 1.55 bits per heavy atom. The Bertz CT molecular complexity index is 953. The van der Waals surface area contributed by atoms with Crippen molar-refractivity contribution in [3.63, 3.8) is 0 Å². The lowest BCUT2D eigenvalue weighted by Gasteiger charge is -2.07. The van der Waals surface area contributed by atoms with Gasteiger partial charge in [0, 0.05) is 10.6 Å². The van der Waals surface area contributed by atoms with Crippen molar-refractivity contribution in [2.24, 2.45) is 5.10 Å². The van der Waals surface area contributed by atoms with Crippen molar-refractivity contribution in [2.75, 3.05) is 6.61 Å². The fourth-order valence-electron chi connectivity index (χ4n) is 2.50. The number of hydrogen-bond donors (Lipinski definition) is 1. The quantitative estimate of drug-likeness (QED) is 0.417. The van der Waals surface area contributed by atoms with Crippen LogP contribution in [0.4, 0.5) is 0 Å². The molecule has 5 nitrogen and oxygen atoms in total. The number of ether oxygens (including phenoxy) is 2. The van der Waals surface area contributed by atoms with Crippen LogP contribution >= 0.6 is 11.6 Å². The summed E-state index contributed by atoms with van der Waals surface area (Å²) < 4.78 is 11.1. The molecule has 3 aromatic rings. The second-order valence-corrected chi connectivity index (χ2v) is 6.58. The van der Waals surface area contributed by atoms with Crippen LogP contribution in [0.3, 0.4) is 0 Å². The summed E-state index contributed by atoms with van der Waals surface area (Å²) in [5.74, 6) is 1.18. The maximum absolute atomic E-state index is 12.2. The smallest absolute Gasteiger partial charge is 0.271 e. The Kier molecular flexibility index (Phi) is 7.25. The van der Waals surface area contributed by atoms with Crippen molar-refractivity contribution >= 4 is 23.7 Å². The molecule has 0 saturated carbocycles. The second kappa shape index (κ2) is 10.3. The molecular formula is C23H21ClN2O3. The molecule has 0 saturated heterocycles. The Hall–Kier alpha value is -3.31. The third-order valence-corrected chi connectivity index (χ3v) is 4.26. The molecule has 0 radical (unpaired) electrons. The maximum atomic E-state index is 12.2. The predicted octanol–water partition coefficient (Wildman–Crippen LogP) is 5.08. The van der Waals surface area contributed by atoms with Crippen LogP contribution in [0.1, 0.15) is 28.4 Å². The predicted molar refractivity (Wildman–Crippen MR) is 115 cm³/mol. The van der Waals surface area contributed by atoms with E-state index in [1.165, 1.54) is 0 Å². The van der Waals surface area contributed by atoms with E-state index in [1.54, 1.807) is 30.5 Å². The minimum absolute atomic E-state index is 0.295. The standard InChI is InChI=1S/C23H21ClN2O3/c1-2-28-21-11-5-17(6-12-21)15-25-26-23(27)19-7-13-22(14-8-19)29-16-18-3-9-20(24)10-4-18/h3-15H,2,16H2,1H3,(H,26,27)/b25-15-. The zero-order valence-electron chi connectivity index (χ0n) is 16.0. The van der Waals surface area contributed by atoms with Crippen molar-refractivity contribution in [2.45, 2.75) is 13.5 Å². The minimum atomic E-state index is -0.295. The highest BCUT2D eigenvalue weighted by molar-refractivity contribution is 6.30. The summed E-state index contributed by atoms with van der Waals surface area (Å²) >= 11 is 5.87. The van der Waals surface area contributed by atoms with Gasteiger partial charge in [-0.15, -0.1) is 0 Å². The van der Waals surface area contributed by atoms with Gasteiger partial charge in [0.15, 0.2) is 0 Å². The summed E-state index contributed by atoms with van der Waals surface area (Å²) in [7, 11) is 0. The summed E-state index contributed by atoms with van der Waals surface area (Å²) in [6.45, 7) is 2.98. The Labute approximate surface area is 174 Å². The van der Waals surface area contributed by atoms with Crippen LogP contribution in [-0.2, 0) is 6.61 Å². The monoisotopic (exact) mass is 408 g/mol. The van der Waals surface area contributed by atoms with Gasteiger partial charge in [0.05, 0.1) is 12.8 Å². The average molecular weight is 409 g/mol. The van der Waals surface area contributed by atoms with Crippen molar-refractivity contribution < 1.29 is 14.3 Å². The molecule has 0 heterocycles. The molecule has 0 atom stereocenters. The zero-order valence-corrected chi connectivity index (χ0v) is 16.7. The van der Waals surface area contributed by atoms with E-state index in [0.717, 1.165) is 16.9 Å². The second-order valence-electron chi connectivity index (χ2n) is 6.14. The molecule has 6 heteroatoms. The van der Waals surface area contributed by atoms with Crippen molar-refractivity contribution in [1.29, 1.82) is 0 Å². The van der Waals surface area contributed by atoms with Gasteiger partial charge >= 0.3 is 0 Å². The molecule has 148 valence electrons. The van der Waals surface area contributed by atoms with E-state index in [0.29, 0.717) is 29.5 Å². The fraction of sp³-hybridized carbons (Fsp3) is 0.130. The average Bonchev–Trinajstić information content (AvgIpc) is 2.75. The number of carbonyl (C=O) groups excluding carboxylic acids is 1. The normalized spacial score (nSPS) is 10.7. The van der Waals surface area contributed by atoms with Gasteiger partial charge in [-0.1, -0.05) is 23.7 Å². The maximum Gasteiger partial charge on any atom is 0.271 e. The van der Waals surface area contributed by atoms with E-state index in [2.05, 4.69) is 10.5 Å². The van der Waals surface area contributed by atoms with Gasteiger partial charge in [0.2, 0.25) is 0 Å². The number of benzene rings is 3. The topological polar surface area (TPSA) is 59.9 Å². The molecule has 3 rings (SSSR count). The summed E-state index contributed by atoms with van der Waals surface area (Å²) in [6, 6.07) is 21.8. The fourth-order valence-corrected chi connectivity index (χ4v) is 2.62. The van der Waals surface area contributed by atoms with E-state index in [1.807, 2.05) is 55.5 Å². The van der Waals surface area contributed by atoms with E-state index in [-0.39, 0.29) is 5.91 Å². The van der Waals surface area contributed by atoms with Crippen LogP contribution in [0, 0.1) is 0 Å². The number of hydrogen-bond acceptors (Lipinski definition) is 4. The van der Waals surface area contributed by atoms with E-state index in [4.69, 9.17) is 21.1 Å². The van der Waals surface area contributed by atoms with Crippen LogP contribution in [0.25, 0.3) is 0 Å². The summed E-state index contributed by atoms with van der Waals surface area (Å²) in [4.78, 5) is 12.2. The number of nitrogens with one attached hydrogen (secondary N) is 1. The molecule has 0 aromatic heterocycles. The molecule has 0 unspecified atom stereocenters. The molecule has 0 bridgehead atoms. The molecule has 29 heavy (non-hydrogen) atoms. The number of nitrogens with zero attached hydrogens (tertiary/aromatic N) is 1. The highest BCUT2D eigenvalue weighted by atomic mass is 35.5. The zero-order chi connectivity index (χ0) is 20.5. The minimum Gasteiger partial charge on any atom is -0.494 e. The molecule has 0 aliphatic heterocycles. The van der Waals surface area contributed by atoms with Gasteiger partial charge < -0.3 is 9.47 Å². The van der Waals surface area contributed by atoms with Gasteiger partial charge in [0.1, 0.15) is 18.1 Å². The lowest BCUT2D eigenvalue weighted by atomic mass is 10.2. The first-order valence-corrected chi connectivity index (χ1v) is 9.55. The van der Waals surface area contributed by atoms with Crippen molar-refractivity contribution in [3.05, 3.63) is 94.5 Å². The first-order valence-electron chi connectivity index (χ1n) is 9.17. The highest BCUT2D eigenvalue weighted by Gasteiger charge is 2.05. The Morgan fingerprint density at radius 3 is 2.21 bits per heavy atom. The number of rotatable bonds is 8. The summed E-state index contributed by atoms with van der Waals surface area (Å²) in [5, 5.41) is 4.68. The van der Waals surface area contributed by atoms with Gasteiger partial charge in [-0.2, -0.15) is 5.10 Å². The lowest BCUT2D eigenvalue weighted by Crippen LogP contribution is -2.17. The third kappa shape index (κ3) is 6.36. The van der Waals surface area contributed by atoms with Gasteiger partial charge in [-0.25, -0.2) is 5.43 Å². The summed E-state index contributed by atoms with van der Waals surface area (Å²) in [6.07, 6.45) is 1.58. The number of carbonyl (C=O) groups is 1. The molecule has 0 spiro atoms. The summed E-state index contributed by atoms with van der Waals surface area (Å²) in [5.41, 5.74) is 4.88. The third-order valence-electron chi connectivity index (χ3n) is 4.01. The Morgan fingerprint density at radius 1 is 0.931 bits per heavy atom. The number of amides is 1. The first-order chi connectivity index (χ1) is 14.1. The van der Waals surface area contributed by atoms with Gasteiger partial charge in [0.25, 0.3) is 5.91 Å². The molecule has 1 amide bonds. The molecule has 1 N–H and O–H groups in total. The number of halogens is 1. The van der Waals surface area contributed by atoms with E-state index >= 15 is 0 Å². The van der Waals surface area contributed by atoms with Crippen LogP contribution in [-0.4, -0.2) is 18.7 Å². The van der Waals surface area contributed by atoms with Crippen LogP contribution in [0.15, 0.2) is 77.9 Å². The van der Waals surface area contributed by atoms with Crippen LogP contribution in [0.2, 0.25) is 5.02 Å². The van der Waals surface area contributed by atoms with Crippen molar-refractivity contribution in [3.8, 4) is 11.5 Å². The number of hydrazone groups is 1. The van der Waals surface area contributed by atoms with Crippen LogP contribution < -0.4 is 14.9 Å². The van der Waals surface area contributed by atoms with Gasteiger partial charge in [-0.05, 0) is 78.7 Å². The van der Waals surface area contributed by atoms with E-state index in [9.17, 15) is 4.79 Å². The Balaban J connectivity index is 1.49. The van der Waals surface area contributed by atoms with E-state index < -0.39 is 0 Å². The van der Waals surface area contributed by atoms with Crippen LogP contribution in [0.5, 0.6) is 11.5 Å². The lowest BCUT2D eigenvalue weighted by molar-refractivity contribution is 0.0955. The molecule has 0 aliphatic carbocycles. The molecule has 0 fully saturated rings. The van der Waals surface area contributed by atoms with Crippen molar-refractivity contribution in [1.82, 2.24) is 5.43 Å². The molecule has 0 aliphatic rings.